The first kappa shape index (κ1) is 13.7. The van der Waals surface area contributed by atoms with Crippen LogP contribution in [-0.4, -0.2) is 25.7 Å². The second kappa shape index (κ2) is 5.38. The number of fused-ring (bicyclic) bond motifs is 1. The minimum atomic E-state index is 0.794. The van der Waals surface area contributed by atoms with Gasteiger partial charge in [-0.2, -0.15) is 22.7 Å². The van der Waals surface area contributed by atoms with Crippen LogP contribution in [0.25, 0.3) is 31.9 Å². The Kier molecular flexibility index (Phi) is 3.36. The molecule has 0 aliphatic carbocycles. The van der Waals surface area contributed by atoms with Gasteiger partial charge < -0.3 is 0 Å². The molecule has 0 unspecified atom stereocenters. The molecule has 0 saturated carbocycles. The quantitative estimate of drug-likeness (QED) is 0.532. The number of hydrogen-bond donors (Lipinski definition) is 0. The average Bonchev–Trinajstić information content (AvgIpc) is 3.15. The van der Waals surface area contributed by atoms with Crippen LogP contribution in [0, 0.1) is 0 Å². The first-order valence-corrected chi connectivity index (χ1v) is 8.31. The molecule has 22 heavy (non-hydrogen) atoms. The summed E-state index contributed by atoms with van der Waals surface area (Å²) in [6.07, 6.45) is 3.44. The summed E-state index contributed by atoms with van der Waals surface area (Å²) < 4.78 is 1.59. The molecule has 1 aromatic carbocycles. The molecule has 0 saturated heterocycles. The summed E-state index contributed by atoms with van der Waals surface area (Å²) in [6.45, 7) is 0. The predicted octanol–water partition coefficient (Wildman–Crippen LogP) is 2.67. The van der Waals surface area contributed by atoms with Crippen LogP contribution in [0.3, 0.4) is 0 Å². The SMILES string of the molecule is [B]c1ccc(-c2ccc(-c3ccc([B])s3)c3nccnc23)s1. The number of rotatable bonds is 2. The van der Waals surface area contributed by atoms with Gasteiger partial charge in [0.15, 0.2) is 0 Å². The highest BCUT2D eigenvalue weighted by Crippen LogP contribution is 2.35. The highest BCUT2D eigenvalue weighted by atomic mass is 32.1. The van der Waals surface area contributed by atoms with Crippen molar-refractivity contribution >= 4 is 59.0 Å². The lowest BCUT2D eigenvalue weighted by Gasteiger charge is -2.07. The van der Waals surface area contributed by atoms with E-state index in [0.717, 1.165) is 41.5 Å². The molecule has 3 aromatic heterocycles. The summed E-state index contributed by atoms with van der Waals surface area (Å²) in [4.78, 5) is 11.3. The van der Waals surface area contributed by atoms with Gasteiger partial charge in [-0.15, -0.1) is 0 Å². The molecular weight excluding hydrogens is 306 g/mol. The van der Waals surface area contributed by atoms with Crippen LogP contribution >= 0.6 is 22.7 Å². The minimum absolute atomic E-state index is 0.794. The Morgan fingerprint density at radius 3 is 1.45 bits per heavy atom. The van der Waals surface area contributed by atoms with E-state index in [1.807, 2.05) is 24.3 Å². The molecule has 0 aliphatic rings. The molecule has 4 radical (unpaired) electrons. The Morgan fingerprint density at radius 1 is 0.636 bits per heavy atom. The Hall–Kier alpha value is -1.91. The van der Waals surface area contributed by atoms with E-state index in [4.69, 9.17) is 15.7 Å². The van der Waals surface area contributed by atoms with Crippen LogP contribution in [0.5, 0.6) is 0 Å². The van der Waals surface area contributed by atoms with Crippen molar-refractivity contribution in [3.05, 3.63) is 48.8 Å². The Labute approximate surface area is 138 Å². The van der Waals surface area contributed by atoms with Gasteiger partial charge in [-0.25, -0.2) is 0 Å². The highest BCUT2D eigenvalue weighted by Gasteiger charge is 2.13. The van der Waals surface area contributed by atoms with E-state index in [9.17, 15) is 0 Å². The van der Waals surface area contributed by atoms with Crippen molar-refractivity contribution < 1.29 is 0 Å². The molecule has 0 amide bonds. The van der Waals surface area contributed by atoms with E-state index in [1.165, 1.54) is 0 Å². The molecule has 4 rings (SSSR count). The third-order valence-corrected chi connectivity index (χ3v) is 5.31. The van der Waals surface area contributed by atoms with Crippen molar-refractivity contribution in [2.45, 2.75) is 0 Å². The summed E-state index contributed by atoms with van der Waals surface area (Å²) in [5.41, 5.74) is 3.87. The first-order valence-electron chi connectivity index (χ1n) is 6.67. The van der Waals surface area contributed by atoms with Crippen molar-refractivity contribution in [3.63, 3.8) is 0 Å². The lowest BCUT2D eigenvalue weighted by molar-refractivity contribution is 1.30. The number of nitrogens with zero attached hydrogens (tertiary/aromatic N) is 2. The average molecular weight is 314 g/mol. The zero-order valence-electron chi connectivity index (χ0n) is 11.5. The molecule has 0 aliphatic heterocycles. The van der Waals surface area contributed by atoms with Gasteiger partial charge in [-0.3, -0.25) is 9.97 Å². The summed E-state index contributed by atoms with van der Waals surface area (Å²) in [7, 11) is 11.7. The molecule has 100 valence electrons. The molecular formula is C16H8B2N2S2. The van der Waals surface area contributed by atoms with Crippen LogP contribution in [0.2, 0.25) is 0 Å². The lowest BCUT2D eigenvalue weighted by atomic mass is 10.0. The highest BCUT2D eigenvalue weighted by molar-refractivity contribution is 7.23. The Morgan fingerprint density at radius 2 is 1.09 bits per heavy atom. The van der Waals surface area contributed by atoms with Crippen molar-refractivity contribution in [3.8, 4) is 20.9 Å². The molecule has 0 N–H and O–H groups in total. The van der Waals surface area contributed by atoms with Crippen molar-refractivity contribution in [1.82, 2.24) is 9.97 Å². The topological polar surface area (TPSA) is 25.8 Å². The number of aromatic nitrogens is 2. The minimum Gasteiger partial charge on any atom is -0.252 e. The fourth-order valence-electron chi connectivity index (χ4n) is 2.45. The first-order chi connectivity index (χ1) is 10.7. The van der Waals surface area contributed by atoms with Gasteiger partial charge in [0.2, 0.25) is 0 Å². The molecule has 0 atom stereocenters. The third-order valence-electron chi connectivity index (χ3n) is 3.41. The van der Waals surface area contributed by atoms with E-state index in [1.54, 1.807) is 35.1 Å². The molecule has 0 bridgehead atoms. The normalized spacial score (nSPS) is 11.1. The molecule has 3 heterocycles. The Bertz CT molecular complexity index is 896. The summed E-state index contributed by atoms with van der Waals surface area (Å²) in [5.74, 6) is 0. The zero-order valence-corrected chi connectivity index (χ0v) is 13.1. The zero-order chi connectivity index (χ0) is 15.1. The van der Waals surface area contributed by atoms with Gasteiger partial charge in [-0.1, -0.05) is 24.3 Å². The molecule has 0 fully saturated rings. The van der Waals surface area contributed by atoms with Crippen LogP contribution in [-0.2, 0) is 0 Å². The van der Waals surface area contributed by atoms with Crippen molar-refractivity contribution in [2.75, 3.05) is 0 Å². The Balaban J connectivity index is 1.99. The van der Waals surface area contributed by atoms with Crippen molar-refractivity contribution in [1.29, 1.82) is 0 Å². The van der Waals surface area contributed by atoms with Gasteiger partial charge in [-0.05, 0) is 21.7 Å². The van der Waals surface area contributed by atoms with Gasteiger partial charge in [0.05, 0.1) is 11.0 Å². The molecule has 0 spiro atoms. The third kappa shape index (κ3) is 2.28. The van der Waals surface area contributed by atoms with E-state index in [-0.39, 0.29) is 0 Å². The second-order valence-corrected chi connectivity index (χ2v) is 7.05. The maximum Gasteiger partial charge on any atom is 0.128 e. The maximum absolute atomic E-state index is 5.85. The maximum atomic E-state index is 5.85. The summed E-state index contributed by atoms with van der Waals surface area (Å²) in [5, 5.41) is 0. The standard InChI is InChI=1S/C16H8B2N2S2/c17-13-5-3-11(21-13)9-1-2-10(12-4-6-14(18)22-12)16-15(9)19-7-8-20-16/h1-8H. The number of thiophene rings is 2. The van der Waals surface area contributed by atoms with Crippen molar-refractivity contribution in [2.24, 2.45) is 0 Å². The van der Waals surface area contributed by atoms with Crippen LogP contribution in [0.15, 0.2) is 48.8 Å². The van der Waals surface area contributed by atoms with Gasteiger partial charge in [0, 0.05) is 33.3 Å². The summed E-state index contributed by atoms with van der Waals surface area (Å²) >= 11 is 3.11. The number of hydrogen-bond acceptors (Lipinski definition) is 4. The molecule has 6 heteroatoms. The van der Waals surface area contributed by atoms with Crippen LogP contribution in [0.4, 0.5) is 0 Å². The summed E-state index contributed by atoms with van der Waals surface area (Å²) in [6, 6.07) is 12.0. The number of benzene rings is 1. The van der Waals surface area contributed by atoms with Gasteiger partial charge in [0.1, 0.15) is 15.7 Å². The monoisotopic (exact) mass is 314 g/mol. The van der Waals surface area contributed by atoms with Crippen LogP contribution < -0.4 is 9.55 Å². The molecule has 2 nitrogen and oxygen atoms in total. The smallest absolute Gasteiger partial charge is 0.128 e. The predicted molar refractivity (Wildman–Crippen MR) is 96.9 cm³/mol. The molecule has 4 aromatic rings. The van der Waals surface area contributed by atoms with E-state index in [2.05, 4.69) is 22.1 Å². The fraction of sp³-hybridized carbons (Fsp3) is 0. The fourth-order valence-corrected chi connectivity index (χ4v) is 4.05. The van der Waals surface area contributed by atoms with E-state index < -0.39 is 0 Å². The van der Waals surface area contributed by atoms with Gasteiger partial charge in [0.25, 0.3) is 0 Å². The van der Waals surface area contributed by atoms with E-state index in [0.29, 0.717) is 0 Å². The second-order valence-electron chi connectivity index (χ2n) is 4.82. The van der Waals surface area contributed by atoms with Gasteiger partial charge >= 0.3 is 0 Å². The largest absolute Gasteiger partial charge is 0.252 e. The van der Waals surface area contributed by atoms with E-state index >= 15 is 0 Å². The lowest BCUT2D eigenvalue weighted by Crippen LogP contribution is -1.91. The van der Waals surface area contributed by atoms with Crippen LogP contribution in [0.1, 0.15) is 0 Å².